The Morgan fingerprint density at radius 2 is 0.875 bits per heavy atom. The van der Waals surface area contributed by atoms with Crippen LogP contribution < -0.4 is 0 Å². The van der Waals surface area contributed by atoms with Crippen LogP contribution in [0.1, 0.15) is 11.1 Å². The average molecular weight is 208 g/mol. The smallest absolute Gasteiger partial charge is 0.0263 e. The first-order valence-electron chi connectivity index (χ1n) is 5.22. The van der Waals surface area contributed by atoms with Crippen LogP contribution in [0.15, 0.2) is 73.8 Å². The molecule has 16 heavy (non-hydrogen) atoms. The van der Waals surface area contributed by atoms with E-state index in [0.717, 1.165) is 0 Å². The lowest BCUT2D eigenvalue weighted by atomic mass is 10.2. The summed E-state index contributed by atoms with van der Waals surface area (Å²) in [5.41, 5.74) is 2.35. The molecule has 0 saturated carbocycles. The van der Waals surface area contributed by atoms with Crippen LogP contribution in [-0.2, 0) is 0 Å². The zero-order valence-electron chi connectivity index (χ0n) is 9.34. The largest absolute Gasteiger partial charge is 0.0985 e. The molecule has 0 amide bonds. The maximum Gasteiger partial charge on any atom is -0.0263 e. The normalized spacial score (nSPS) is 8.50. The van der Waals surface area contributed by atoms with E-state index in [1.165, 1.54) is 11.1 Å². The summed E-state index contributed by atoms with van der Waals surface area (Å²) < 4.78 is 0. The van der Waals surface area contributed by atoms with Crippen LogP contribution in [0.2, 0.25) is 0 Å². The Balaban J connectivity index is 0.000000160. The van der Waals surface area contributed by atoms with E-state index in [-0.39, 0.29) is 0 Å². The zero-order valence-corrected chi connectivity index (χ0v) is 9.34. The molecule has 80 valence electrons. The van der Waals surface area contributed by atoms with Gasteiger partial charge in [0.05, 0.1) is 0 Å². The van der Waals surface area contributed by atoms with Crippen LogP contribution in [0.25, 0.3) is 12.2 Å². The van der Waals surface area contributed by atoms with Crippen molar-refractivity contribution in [2.75, 3.05) is 0 Å². The van der Waals surface area contributed by atoms with E-state index < -0.39 is 0 Å². The predicted molar refractivity (Wildman–Crippen MR) is 73.1 cm³/mol. The molecule has 0 aromatic heterocycles. The fourth-order valence-corrected chi connectivity index (χ4v) is 1.18. The van der Waals surface area contributed by atoms with Crippen molar-refractivity contribution in [3.05, 3.63) is 84.9 Å². The fourth-order valence-electron chi connectivity index (χ4n) is 1.18. The molecule has 0 aliphatic rings. The van der Waals surface area contributed by atoms with Crippen LogP contribution in [0.5, 0.6) is 0 Å². The predicted octanol–water partition coefficient (Wildman–Crippen LogP) is 4.66. The molecule has 0 nitrogen and oxygen atoms in total. The van der Waals surface area contributed by atoms with Crippen LogP contribution >= 0.6 is 0 Å². The van der Waals surface area contributed by atoms with Crippen molar-refractivity contribution in [2.45, 2.75) is 0 Å². The number of hydrogen-bond acceptors (Lipinski definition) is 0. The van der Waals surface area contributed by atoms with Gasteiger partial charge in [-0.05, 0) is 11.1 Å². The maximum absolute atomic E-state index is 3.63. The van der Waals surface area contributed by atoms with Gasteiger partial charge in [0.2, 0.25) is 0 Å². The van der Waals surface area contributed by atoms with E-state index in [9.17, 15) is 0 Å². The van der Waals surface area contributed by atoms with Crippen molar-refractivity contribution < 1.29 is 0 Å². The topological polar surface area (TPSA) is 0 Å². The highest BCUT2D eigenvalue weighted by Crippen LogP contribution is 1.98. The lowest BCUT2D eigenvalue weighted by molar-refractivity contribution is 1.67. The molecule has 0 heteroatoms. The van der Waals surface area contributed by atoms with Gasteiger partial charge in [0.25, 0.3) is 0 Å². The first-order chi connectivity index (χ1) is 7.86. The summed E-state index contributed by atoms with van der Waals surface area (Å²) >= 11 is 0. The zero-order chi connectivity index (χ0) is 11.6. The number of benzene rings is 2. The lowest BCUT2D eigenvalue weighted by Gasteiger charge is -1.85. The molecular formula is C16H16. The van der Waals surface area contributed by atoms with Crippen LogP contribution in [0.3, 0.4) is 0 Å². The molecule has 2 aromatic carbocycles. The molecule has 0 bridgehead atoms. The molecule has 0 aliphatic heterocycles. The van der Waals surface area contributed by atoms with Gasteiger partial charge in [-0.1, -0.05) is 86.0 Å². The maximum atomic E-state index is 3.63. The van der Waals surface area contributed by atoms with E-state index in [2.05, 4.69) is 13.2 Å². The molecule has 0 radical (unpaired) electrons. The van der Waals surface area contributed by atoms with Gasteiger partial charge >= 0.3 is 0 Å². The summed E-state index contributed by atoms with van der Waals surface area (Å²) in [7, 11) is 0. The van der Waals surface area contributed by atoms with Crippen LogP contribution in [-0.4, -0.2) is 0 Å². The van der Waals surface area contributed by atoms with Gasteiger partial charge < -0.3 is 0 Å². The molecule has 2 aromatic rings. The molecule has 0 unspecified atom stereocenters. The average Bonchev–Trinajstić information content (AvgIpc) is 2.41. The molecular weight excluding hydrogens is 192 g/mol. The van der Waals surface area contributed by atoms with Gasteiger partial charge in [0.1, 0.15) is 0 Å². The molecule has 0 atom stereocenters. The quantitative estimate of drug-likeness (QED) is 0.673. The summed E-state index contributed by atoms with van der Waals surface area (Å²) in [6.07, 6.45) is 3.67. The minimum atomic E-state index is 1.17. The van der Waals surface area contributed by atoms with Crippen molar-refractivity contribution >= 4 is 12.2 Å². The third kappa shape index (κ3) is 4.43. The minimum Gasteiger partial charge on any atom is -0.0985 e. The van der Waals surface area contributed by atoms with Crippen molar-refractivity contribution in [3.8, 4) is 0 Å². The fraction of sp³-hybridized carbons (Fsp3) is 0. The monoisotopic (exact) mass is 208 g/mol. The Labute approximate surface area is 97.6 Å². The Bertz CT molecular complexity index is 369. The van der Waals surface area contributed by atoms with Gasteiger partial charge in [0, 0.05) is 0 Å². The Hall–Kier alpha value is -2.08. The summed E-state index contributed by atoms with van der Waals surface area (Å²) in [5.74, 6) is 0. The first kappa shape index (κ1) is 12.0. The van der Waals surface area contributed by atoms with E-state index in [0.29, 0.717) is 0 Å². The van der Waals surface area contributed by atoms with Gasteiger partial charge in [-0.2, -0.15) is 0 Å². The molecule has 0 spiro atoms. The SMILES string of the molecule is C=Cc1ccccc1.C=Cc1ccccc1. The number of hydrogen-bond donors (Lipinski definition) is 0. The van der Waals surface area contributed by atoms with Gasteiger partial charge in [0.15, 0.2) is 0 Å². The Kier molecular flexibility index (Phi) is 5.43. The second kappa shape index (κ2) is 7.24. The van der Waals surface area contributed by atoms with E-state index >= 15 is 0 Å². The van der Waals surface area contributed by atoms with E-state index in [1.807, 2.05) is 72.8 Å². The second-order valence-electron chi connectivity index (χ2n) is 3.23. The van der Waals surface area contributed by atoms with Crippen molar-refractivity contribution in [1.29, 1.82) is 0 Å². The second-order valence-corrected chi connectivity index (χ2v) is 3.23. The van der Waals surface area contributed by atoms with Gasteiger partial charge in [-0.15, -0.1) is 0 Å². The van der Waals surface area contributed by atoms with Gasteiger partial charge in [-0.25, -0.2) is 0 Å². The standard InChI is InChI=1S/2C8H8/c2*1-2-8-6-4-3-5-7-8/h2*2-7H,1H2. The summed E-state index contributed by atoms with van der Waals surface area (Å²) in [5, 5.41) is 0. The number of rotatable bonds is 2. The molecule has 0 N–H and O–H groups in total. The summed E-state index contributed by atoms with van der Waals surface area (Å²) in [6, 6.07) is 20.1. The van der Waals surface area contributed by atoms with E-state index in [1.54, 1.807) is 0 Å². The molecule has 0 fully saturated rings. The lowest BCUT2D eigenvalue weighted by Crippen LogP contribution is -1.63. The highest BCUT2D eigenvalue weighted by atomic mass is 13.8. The van der Waals surface area contributed by atoms with Crippen LogP contribution in [0.4, 0.5) is 0 Å². The highest BCUT2D eigenvalue weighted by molar-refractivity contribution is 5.46. The molecule has 0 heterocycles. The molecule has 0 aliphatic carbocycles. The third-order valence-corrected chi connectivity index (χ3v) is 2.07. The van der Waals surface area contributed by atoms with E-state index in [4.69, 9.17) is 0 Å². The first-order valence-corrected chi connectivity index (χ1v) is 5.22. The Morgan fingerprint density at radius 3 is 1.06 bits per heavy atom. The van der Waals surface area contributed by atoms with Crippen molar-refractivity contribution in [2.24, 2.45) is 0 Å². The van der Waals surface area contributed by atoms with Crippen LogP contribution in [0, 0.1) is 0 Å². The summed E-state index contributed by atoms with van der Waals surface area (Å²) in [6.45, 7) is 7.26. The summed E-state index contributed by atoms with van der Waals surface area (Å²) in [4.78, 5) is 0. The third-order valence-electron chi connectivity index (χ3n) is 2.07. The molecule has 0 saturated heterocycles. The molecule has 2 rings (SSSR count). The van der Waals surface area contributed by atoms with Crippen molar-refractivity contribution in [3.63, 3.8) is 0 Å². The Morgan fingerprint density at radius 1 is 0.562 bits per heavy atom. The highest BCUT2D eigenvalue weighted by Gasteiger charge is 1.76. The minimum absolute atomic E-state index is 1.17. The van der Waals surface area contributed by atoms with Gasteiger partial charge in [-0.3, -0.25) is 0 Å². The van der Waals surface area contributed by atoms with Crippen molar-refractivity contribution in [1.82, 2.24) is 0 Å².